The third kappa shape index (κ3) is 4.27. The molecule has 2 aromatic rings. The van der Waals surface area contributed by atoms with Gasteiger partial charge in [0.15, 0.2) is 0 Å². The first-order valence-electron chi connectivity index (χ1n) is 6.93. The molecule has 0 aliphatic carbocycles. The largest absolute Gasteiger partial charge is 0.335 e. The molecule has 0 aliphatic heterocycles. The van der Waals surface area contributed by atoms with Gasteiger partial charge in [-0.2, -0.15) is 5.10 Å². The van der Waals surface area contributed by atoms with Crippen molar-refractivity contribution in [1.82, 2.24) is 20.1 Å². The van der Waals surface area contributed by atoms with E-state index in [9.17, 15) is 4.79 Å². The number of nitrogens with one attached hydrogen (secondary N) is 1. The number of hydrogen-bond acceptors (Lipinski definition) is 3. The van der Waals surface area contributed by atoms with Gasteiger partial charge in [0.25, 0.3) is 0 Å². The van der Waals surface area contributed by atoms with E-state index in [0.29, 0.717) is 18.3 Å². The van der Waals surface area contributed by atoms with Gasteiger partial charge in [0.1, 0.15) is 12.2 Å². The Morgan fingerprint density at radius 3 is 2.62 bits per heavy atom. The van der Waals surface area contributed by atoms with Gasteiger partial charge >= 0.3 is 0 Å². The van der Waals surface area contributed by atoms with Crippen LogP contribution in [0.1, 0.15) is 36.7 Å². The van der Waals surface area contributed by atoms with Crippen molar-refractivity contribution in [2.24, 2.45) is 0 Å². The molecule has 1 amide bonds. The summed E-state index contributed by atoms with van der Waals surface area (Å²) in [5, 5.41) is 6.49. The SMILES string of the molecule is CC(C)c1ccc(C=CC(=O)N(C)Cc2ncn[nH]2)cc1. The Balaban J connectivity index is 1.94. The van der Waals surface area contributed by atoms with Crippen LogP contribution in [-0.2, 0) is 11.3 Å². The summed E-state index contributed by atoms with van der Waals surface area (Å²) in [4.78, 5) is 17.6. The van der Waals surface area contributed by atoms with Crippen molar-refractivity contribution in [2.45, 2.75) is 26.3 Å². The van der Waals surface area contributed by atoms with Crippen LogP contribution in [0.5, 0.6) is 0 Å². The molecule has 2 rings (SSSR count). The van der Waals surface area contributed by atoms with Crippen LogP contribution >= 0.6 is 0 Å². The normalized spacial score (nSPS) is 11.2. The van der Waals surface area contributed by atoms with Crippen molar-refractivity contribution in [3.63, 3.8) is 0 Å². The maximum Gasteiger partial charge on any atom is 0.246 e. The van der Waals surface area contributed by atoms with E-state index in [-0.39, 0.29) is 5.91 Å². The molecular weight excluding hydrogens is 264 g/mol. The molecule has 0 radical (unpaired) electrons. The van der Waals surface area contributed by atoms with Gasteiger partial charge < -0.3 is 4.90 Å². The summed E-state index contributed by atoms with van der Waals surface area (Å²) in [5.74, 6) is 1.11. The number of aromatic nitrogens is 3. The van der Waals surface area contributed by atoms with Gasteiger partial charge in [-0.1, -0.05) is 38.1 Å². The highest BCUT2D eigenvalue weighted by Crippen LogP contribution is 2.15. The lowest BCUT2D eigenvalue weighted by molar-refractivity contribution is -0.125. The molecule has 1 N–H and O–H groups in total. The molecule has 0 fully saturated rings. The molecule has 1 aromatic carbocycles. The third-order valence-corrected chi connectivity index (χ3v) is 3.25. The van der Waals surface area contributed by atoms with Gasteiger partial charge in [-0.25, -0.2) is 4.98 Å². The fourth-order valence-electron chi connectivity index (χ4n) is 1.90. The van der Waals surface area contributed by atoms with Gasteiger partial charge in [-0.15, -0.1) is 0 Å². The van der Waals surface area contributed by atoms with E-state index < -0.39 is 0 Å². The van der Waals surface area contributed by atoms with Crippen molar-refractivity contribution in [3.05, 3.63) is 53.6 Å². The maximum absolute atomic E-state index is 12.0. The van der Waals surface area contributed by atoms with E-state index in [1.165, 1.54) is 11.9 Å². The fraction of sp³-hybridized carbons (Fsp3) is 0.312. The number of hydrogen-bond donors (Lipinski definition) is 1. The summed E-state index contributed by atoms with van der Waals surface area (Å²) in [6, 6.07) is 8.23. The fourth-order valence-corrected chi connectivity index (χ4v) is 1.90. The number of carbonyl (C=O) groups excluding carboxylic acids is 1. The van der Waals surface area contributed by atoms with Crippen LogP contribution < -0.4 is 0 Å². The molecule has 0 saturated heterocycles. The lowest BCUT2D eigenvalue weighted by atomic mass is 10.0. The second kappa shape index (κ2) is 6.83. The van der Waals surface area contributed by atoms with Crippen LogP contribution in [-0.4, -0.2) is 33.0 Å². The van der Waals surface area contributed by atoms with E-state index in [0.717, 1.165) is 5.56 Å². The van der Waals surface area contributed by atoms with Crippen molar-refractivity contribution in [3.8, 4) is 0 Å². The smallest absolute Gasteiger partial charge is 0.246 e. The molecule has 0 bridgehead atoms. The Hall–Kier alpha value is -2.43. The molecule has 0 spiro atoms. The van der Waals surface area contributed by atoms with Gasteiger partial charge in [-0.3, -0.25) is 9.89 Å². The number of amides is 1. The predicted octanol–water partition coefficient (Wildman–Crippen LogP) is 2.60. The molecule has 1 heterocycles. The monoisotopic (exact) mass is 284 g/mol. The molecule has 5 nitrogen and oxygen atoms in total. The Morgan fingerprint density at radius 1 is 1.33 bits per heavy atom. The number of rotatable bonds is 5. The quantitative estimate of drug-likeness (QED) is 0.858. The van der Waals surface area contributed by atoms with Crippen LogP contribution in [0.4, 0.5) is 0 Å². The van der Waals surface area contributed by atoms with Gasteiger partial charge in [-0.05, 0) is 23.1 Å². The van der Waals surface area contributed by atoms with E-state index in [4.69, 9.17) is 0 Å². The van der Waals surface area contributed by atoms with E-state index in [1.54, 1.807) is 18.0 Å². The van der Waals surface area contributed by atoms with Crippen LogP contribution in [0.25, 0.3) is 6.08 Å². The van der Waals surface area contributed by atoms with Crippen molar-refractivity contribution in [1.29, 1.82) is 0 Å². The summed E-state index contributed by atoms with van der Waals surface area (Å²) >= 11 is 0. The van der Waals surface area contributed by atoms with Crippen LogP contribution in [0, 0.1) is 0 Å². The molecule has 110 valence electrons. The zero-order valence-corrected chi connectivity index (χ0v) is 12.6. The van der Waals surface area contributed by atoms with Gasteiger partial charge in [0, 0.05) is 13.1 Å². The summed E-state index contributed by atoms with van der Waals surface area (Å²) in [5.41, 5.74) is 2.31. The minimum Gasteiger partial charge on any atom is -0.335 e. The van der Waals surface area contributed by atoms with Crippen molar-refractivity contribution >= 4 is 12.0 Å². The van der Waals surface area contributed by atoms with E-state index in [2.05, 4.69) is 41.2 Å². The molecule has 1 aromatic heterocycles. The topological polar surface area (TPSA) is 61.9 Å². The lowest BCUT2D eigenvalue weighted by Crippen LogP contribution is -2.24. The van der Waals surface area contributed by atoms with Crippen molar-refractivity contribution < 1.29 is 4.79 Å². The second-order valence-corrected chi connectivity index (χ2v) is 5.28. The predicted molar refractivity (Wildman–Crippen MR) is 82.4 cm³/mol. The van der Waals surface area contributed by atoms with Crippen LogP contribution in [0.3, 0.4) is 0 Å². The van der Waals surface area contributed by atoms with Gasteiger partial charge in [0.05, 0.1) is 6.54 Å². The Kier molecular flexibility index (Phi) is 4.87. The minimum atomic E-state index is -0.0701. The average Bonchev–Trinajstić information content (AvgIpc) is 2.98. The highest BCUT2D eigenvalue weighted by Gasteiger charge is 2.07. The number of carbonyl (C=O) groups is 1. The lowest BCUT2D eigenvalue weighted by Gasteiger charge is -2.12. The maximum atomic E-state index is 12.0. The number of likely N-dealkylation sites (N-methyl/N-ethyl adjacent to an activating group) is 1. The molecular formula is C16H20N4O. The molecule has 0 atom stereocenters. The van der Waals surface area contributed by atoms with Crippen molar-refractivity contribution in [2.75, 3.05) is 7.05 Å². The van der Waals surface area contributed by atoms with Gasteiger partial charge in [0.2, 0.25) is 5.91 Å². The van der Waals surface area contributed by atoms with E-state index in [1.807, 2.05) is 18.2 Å². The zero-order valence-electron chi connectivity index (χ0n) is 12.6. The Morgan fingerprint density at radius 2 is 2.05 bits per heavy atom. The third-order valence-electron chi connectivity index (χ3n) is 3.25. The Labute approximate surface area is 124 Å². The molecule has 21 heavy (non-hydrogen) atoms. The van der Waals surface area contributed by atoms with Crippen LogP contribution in [0.15, 0.2) is 36.7 Å². The number of nitrogens with zero attached hydrogens (tertiary/aromatic N) is 3. The summed E-state index contributed by atoms with van der Waals surface area (Å²) in [6.07, 6.45) is 4.82. The molecule has 0 aliphatic rings. The summed E-state index contributed by atoms with van der Waals surface area (Å²) in [6.45, 7) is 4.73. The first kappa shape index (κ1) is 15.0. The molecule has 5 heteroatoms. The first-order valence-corrected chi connectivity index (χ1v) is 6.93. The Bertz CT molecular complexity index is 600. The summed E-state index contributed by atoms with van der Waals surface area (Å²) < 4.78 is 0. The minimum absolute atomic E-state index is 0.0701. The standard InChI is InChI=1S/C16H20N4O/c1-12(2)14-7-4-13(5-8-14)6-9-16(21)20(3)10-15-17-11-18-19-15/h4-9,11-12H,10H2,1-3H3,(H,17,18,19). The number of H-pyrrole nitrogens is 1. The number of aromatic amines is 1. The highest BCUT2D eigenvalue weighted by atomic mass is 16.2. The molecule has 0 unspecified atom stereocenters. The highest BCUT2D eigenvalue weighted by molar-refractivity contribution is 5.91. The molecule has 0 saturated carbocycles. The summed E-state index contributed by atoms with van der Waals surface area (Å²) in [7, 11) is 1.73. The first-order chi connectivity index (χ1) is 10.1. The zero-order chi connectivity index (χ0) is 15.2. The average molecular weight is 284 g/mol. The van der Waals surface area contributed by atoms with E-state index >= 15 is 0 Å². The van der Waals surface area contributed by atoms with Crippen LogP contribution in [0.2, 0.25) is 0 Å². The number of benzene rings is 1. The second-order valence-electron chi connectivity index (χ2n) is 5.28.